The fraction of sp³-hybridized carbons (Fsp3) is 0.158. The molecule has 0 fully saturated rings. The molecule has 24 heavy (non-hydrogen) atoms. The van der Waals surface area contributed by atoms with Gasteiger partial charge in [-0.3, -0.25) is 0 Å². The van der Waals surface area contributed by atoms with Crippen molar-refractivity contribution in [3.8, 4) is 17.0 Å². The highest BCUT2D eigenvalue weighted by Gasteiger charge is 2.20. The topological polar surface area (TPSA) is 51.6 Å². The summed E-state index contributed by atoms with van der Waals surface area (Å²) in [6.07, 6.45) is 1.59. The summed E-state index contributed by atoms with van der Waals surface area (Å²) in [6, 6.07) is 11.5. The van der Waals surface area contributed by atoms with Crippen molar-refractivity contribution < 1.29 is 9.53 Å². The second kappa shape index (κ2) is 6.44. The fourth-order valence-corrected chi connectivity index (χ4v) is 3.15. The molecule has 0 spiro atoms. The number of hydrogen-bond donors (Lipinski definition) is 0. The number of carbonyl (C=O) groups excluding carboxylic acids is 1. The van der Waals surface area contributed by atoms with E-state index in [2.05, 4.69) is 9.98 Å². The smallest absolute Gasteiger partial charge is 0.241 e. The van der Waals surface area contributed by atoms with Crippen LogP contribution in [0.3, 0.4) is 0 Å². The molecule has 4 nitrogen and oxygen atoms in total. The van der Waals surface area contributed by atoms with Crippen molar-refractivity contribution in [1.29, 1.82) is 0 Å². The number of isocyanates is 1. The number of halogens is 1. The predicted octanol–water partition coefficient (Wildman–Crippen LogP) is 5.15. The third-order valence-corrected chi connectivity index (χ3v) is 4.19. The van der Waals surface area contributed by atoms with Crippen molar-refractivity contribution in [3.05, 3.63) is 52.5 Å². The van der Waals surface area contributed by atoms with Crippen LogP contribution in [0.5, 0.6) is 5.88 Å². The summed E-state index contributed by atoms with van der Waals surface area (Å²) in [4.78, 5) is 19.4. The van der Waals surface area contributed by atoms with Gasteiger partial charge in [-0.2, -0.15) is 4.99 Å². The average Bonchev–Trinajstić information content (AvgIpc) is 2.55. The van der Waals surface area contributed by atoms with Gasteiger partial charge in [0.25, 0.3) is 0 Å². The molecule has 3 aromatic rings. The zero-order valence-corrected chi connectivity index (χ0v) is 14.3. The van der Waals surface area contributed by atoms with E-state index >= 15 is 0 Å². The molecule has 5 heteroatoms. The SMILES string of the molecule is COc1nc2c(C)cc(C)cc2c(-c2ccccc2Cl)c1N=C=O. The highest BCUT2D eigenvalue weighted by Crippen LogP contribution is 2.45. The molecule has 1 heterocycles. The molecular formula is C19H15ClN2O2. The standard InChI is InChI=1S/C19H15ClN2O2/c1-11-8-12(2)17-14(9-11)16(13-6-4-5-7-15(13)20)18(21-10-23)19(22-17)24-3/h4-9H,1-3H3. The number of methoxy groups -OCH3 is 1. The Morgan fingerprint density at radius 1 is 1.21 bits per heavy atom. The number of nitrogens with zero attached hydrogens (tertiary/aromatic N) is 2. The van der Waals surface area contributed by atoms with E-state index in [4.69, 9.17) is 16.3 Å². The molecule has 0 bridgehead atoms. The molecule has 0 aliphatic heterocycles. The maximum atomic E-state index is 11.0. The van der Waals surface area contributed by atoms with Crippen LogP contribution in [-0.2, 0) is 4.79 Å². The highest BCUT2D eigenvalue weighted by atomic mass is 35.5. The van der Waals surface area contributed by atoms with Crippen molar-refractivity contribution in [1.82, 2.24) is 4.98 Å². The van der Waals surface area contributed by atoms with Crippen LogP contribution < -0.4 is 4.74 Å². The predicted molar refractivity (Wildman–Crippen MR) is 96.0 cm³/mol. The summed E-state index contributed by atoms with van der Waals surface area (Å²) in [6.45, 7) is 4.00. The van der Waals surface area contributed by atoms with Crippen molar-refractivity contribution in [3.63, 3.8) is 0 Å². The molecule has 0 amide bonds. The molecule has 0 saturated carbocycles. The van der Waals surface area contributed by atoms with Gasteiger partial charge in [-0.05, 0) is 31.5 Å². The van der Waals surface area contributed by atoms with Gasteiger partial charge in [-0.1, -0.05) is 41.4 Å². The van der Waals surface area contributed by atoms with Gasteiger partial charge in [-0.25, -0.2) is 9.78 Å². The first-order valence-corrected chi connectivity index (χ1v) is 7.76. The van der Waals surface area contributed by atoms with E-state index in [0.29, 0.717) is 10.7 Å². The van der Waals surface area contributed by atoms with Gasteiger partial charge < -0.3 is 4.74 Å². The van der Waals surface area contributed by atoms with Crippen molar-refractivity contribution in [2.24, 2.45) is 4.99 Å². The molecule has 120 valence electrons. The molecular weight excluding hydrogens is 324 g/mol. The van der Waals surface area contributed by atoms with Gasteiger partial charge in [0.1, 0.15) is 5.69 Å². The third kappa shape index (κ3) is 2.67. The van der Waals surface area contributed by atoms with Crippen LogP contribution in [-0.4, -0.2) is 18.2 Å². The van der Waals surface area contributed by atoms with E-state index in [-0.39, 0.29) is 5.88 Å². The third-order valence-electron chi connectivity index (χ3n) is 3.86. The summed E-state index contributed by atoms with van der Waals surface area (Å²) in [5.74, 6) is 0.271. The van der Waals surface area contributed by atoms with E-state index in [1.165, 1.54) is 7.11 Å². The Labute approximate surface area is 144 Å². The van der Waals surface area contributed by atoms with Crippen LogP contribution >= 0.6 is 11.6 Å². The van der Waals surface area contributed by atoms with Crippen molar-refractivity contribution in [2.45, 2.75) is 13.8 Å². The number of fused-ring (bicyclic) bond motifs is 1. The van der Waals surface area contributed by atoms with E-state index in [1.807, 2.05) is 44.2 Å². The number of pyridine rings is 1. The zero-order valence-electron chi connectivity index (χ0n) is 13.6. The van der Waals surface area contributed by atoms with Gasteiger partial charge >= 0.3 is 0 Å². The quantitative estimate of drug-likeness (QED) is 0.490. The second-order valence-corrected chi connectivity index (χ2v) is 5.91. The summed E-state index contributed by atoms with van der Waals surface area (Å²) >= 11 is 6.40. The lowest BCUT2D eigenvalue weighted by Crippen LogP contribution is -1.96. The van der Waals surface area contributed by atoms with Crippen molar-refractivity contribution in [2.75, 3.05) is 7.11 Å². The Kier molecular flexibility index (Phi) is 4.34. The fourth-order valence-electron chi connectivity index (χ4n) is 2.92. The summed E-state index contributed by atoms with van der Waals surface area (Å²) < 4.78 is 5.37. The number of benzene rings is 2. The number of rotatable bonds is 3. The van der Waals surface area contributed by atoms with Crippen LogP contribution in [0.15, 0.2) is 41.4 Å². The van der Waals surface area contributed by atoms with Crippen LogP contribution in [0.25, 0.3) is 22.0 Å². The van der Waals surface area contributed by atoms with E-state index < -0.39 is 0 Å². The summed E-state index contributed by atoms with van der Waals surface area (Å²) in [5, 5.41) is 1.43. The lowest BCUT2D eigenvalue weighted by molar-refractivity contribution is 0.401. The first-order valence-electron chi connectivity index (χ1n) is 7.38. The Bertz CT molecular complexity index is 992. The molecule has 0 radical (unpaired) electrons. The first-order chi connectivity index (χ1) is 11.6. The number of aromatic nitrogens is 1. The highest BCUT2D eigenvalue weighted by molar-refractivity contribution is 6.34. The molecule has 3 rings (SSSR count). The minimum absolute atomic E-state index is 0.271. The normalized spacial score (nSPS) is 10.5. The lowest BCUT2D eigenvalue weighted by atomic mass is 9.96. The molecule has 0 aliphatic rings. The van der Waals surface area contributed by atoms with Crippen molar-refractivity contribution >= 4 is 34.3 Å². The lowest BCUT2D eigenvalue weighted by Gasteiger charge is -2.15. The monoisotopic (exact) mass is 338 g/mol. The number of aliphatic imine (C=N–C) groups is 1. The molecule has 1 aromatic heterocycles. The molecule has 0 N–H and O–H groups in total. The molecule has 0 aliphatic carbocycles. The summed E-state index contributed by atoms with van der Waals surface area (Å²) in [7, 11) is 1.50. The average molecular weight is 339 g/mol. The Morgan fingerprint density at radius 2 is 1.96 bits per heavy atom. The largest absolute Gasteiger partial charge is 0.479 e. The van der Waals surface area contributed by atoms with E-state index in [0.717, 1.165) is 33.2 Å². The number of aryl methyl sites for hydroxylation is 2. The van der Waals surface area contributed by atoms with Gasteiger partial charge in [0.15, 0.2) is 0 Å². The Morgan fingerprint density at radius 3 is 2.62 bits per heavy atom. The van der Waals surface area contributed by atoms with Crippen LogP contribution in [0.2, 0.25) is 5.02 Å². The minimum Gasteiger partial charge on any atom is -0.479 e. The second-order valence-electron chi connectivity index (χ2n) is 5.51. The molecule has 0 atom stereocenters. The number of ether oxygens (including phenoxy) is 1. The zero-order chi connectivity index (χ0) is 17.3. The van der Waals surface area contributed by atoms with Crippen LogP contribution in [0, 0.1) is 13.8 Å². The maximum Gasteiger partial charge on any atom is 0.241 e. The summed E-state index contributed by atoms with van der Waals surface area (Å²) in [5.41, 5.74) is 4.70. The minimum atomic E-state index is 0.271. The Balaban J connectivity index is 2.58. The van der Waals surface area contributed by atoms with Gasteiger partial charge in [0.2, 0.25) is 12.0 Å². The first kappa shape index (κ1) is 16.2. The van der Waals surface area contributed by atoms with Gasteiger partial charge in [0.05, 0.1) is 12.6 Å². The van der Waals surface area contributed by atoms with E-state index in [9.17, 15) is 4.79 Å². The molecule has 2 aromatic carbocycles. The van der Waals surface area contributed by atoms with Crippen LogP contribution in [0.4, 0.5) is 5.69 Å². The molecule has 0 saturated heterocycles. The molecule has 0 unspecified atom stereocenters. The van der Waals surface area contributed by atoms with Gasteiger partial charge in [-0.15, -0.1) is 0 Å². The van der Waals surface area contributed by atoms with E-state index in [1.54, 1.807) is 12.1 Å². The Hall–Kier alpha value is -2.68. The number of hydrogen-bond acceptors (Lipinski definition) is 4. The maximum absolute atomic E-state index is 11.0. The van der Waals surface area contributed by atoms with Gasteiger partial charge in [0, 0.05) is 21.5 Å². The van der Waals surface area contributed by atoms with Crippen LogP contribution in [0.1, 0.15) is 11.1 Å².